The summed E-state index contributed by atoms with van der Waals surface area (Å²) in [5.74, 6) is 0. The second-order valence-electron chi connectivity index (χ2n) is 4.46. The van der Waals surface area contributed by atoms with Gasteiger partial charge in [-0.05, 0) is 39.7 Å². The van der Waals surface area contributed by atoms with Crippen molar-refractivity contribution in [3.05, 3.63) is 0 Å². The predicted octanol–water partition coefficient (Wildman–Crippen LogP) is 1.62. The summed E-state index contributed by atoms with van der Waals surface area (Å²) in [6.45, 7) is 8.49. The smallest absolute Gasteiger partial charge is 0.409 e. The summed E-state index contributed by atoms with van der Waals surface area (Å²) in [4.78, 5) is 13.3. The molecule has 0 radical (unpaired) electrons. The number of carbonyl (C=O) groups is 1. The Hall–Kier alpha value is -0.810. The number of carbonyl (C=O) groups excluding carboxylic acids is 1. The van der Waals surface area contributed by atoms with Gasteiger partial charge in [0, 0.05) is 32.3 Å². The van der Waals surface area contributed by atoms with Crippen LogP contribution in [0.2, 0.25) is 0 Å². The lowest BCUT2D eigenvalue weighted by molar-refractivity contribution is 0.0946. The fraction of sp³-hybridized carbons (Fsp3) is 0.923. The Morgan fingerprint density at radius 1 is 1.28 bits per heavy atom. The molecule has 18 heavy (non-hydrogen) atoms. The summed E-state index contributed by atoms with van der Waals surface area (Å²) in [5.41, 5.74) is 0. The van der Waals surface area contributed by atoms with Crippen molar-refractivity contribution in [2.75, 3.05) is 39.5 Å². The van der Waals surface area contributed by atoms with E-state index < -0.39 is 0 Å². The lowest BCUT2D eigenvalue weighted by Gasteiger charge is -2.31. The number of amides is 1. The molecule has 1 amide bonds. The maximum Gasteiger partial charge on any atom is 0.409 e. The molecule has 0 aromatic heterocycles. The van der Waals surface area contributed by atoms with E-state index in [-0.39, 0.29) is 6.09 Å². The second kappa shape index (κ2) is 9.16. The second-order valence-corrected chi connectivity index (χ2v) is 4.46. The van der Waals surface area contributed by atoms with Crippen LogP contribution in [0.4, 0.5) is 4.79 Å². The molecule has 1 rings (SSSR count). The Bertz CT molecular complexity index is 228. The van der Waals surface area contributed by atoms with Crippen LogP contribution >= 0.6 is 0 Å². The minimum atomic E-state index is -0.174. The molecule has 5 nitrogen and oxygen atoms in total. The van der Waals surface area contributed by atoms with Crippen molar-refractivity contribution >= 4 is 6.09 Å². The number of nitrogens with one attached hydrogen (secondary N) is 1. The van der Waals surface area contributed by atoms with Crippen molar-refractivity contribution < 1.29 is 14.3 Å². The summed E-state index contributed by atoms with van der Waals surface area (Å²) in [6, 6.07) is 0.525. The monoisotopic (exact) mass is 258 g/mol. The average Bonchev–Trinajstić information content (AvgIpc) is 2.39. The molecule has 0 atom stereocenters. The number of likely N-dealkylation sites (tertiary alicyclic amines) is 1. The molecule has 0 aromatic carbocycles. The molecule has 0 bridgehead atoms. The van der Waals surface area contributed by atoms with E-state index in [1.165, 1.54) is 0 Å². The molecule has 106 valence electrons. The van der Waals surface area contributed by atoms with Crippen molar-refractivity contribution in [2.45, 2.75) is 39.2 Å². The molecule has 1 saturated heterocycles. The van der Waals surface area contributed by atoms with Gasteiger partial charge in [-0.15, -0.1) is 0 Å². The van der Waals surface area contributed by atoms with Gasteiger partial charge in [0.1, 0.15) is 0 Å². The fourth-order valence-electron chi connectivity index (χ4n) is 2.11. The van der Waals surface area contributed by atoms with E-state index in [1.807, 2.05) is 13.8 Å². The standard InChI is InChI=1S/C13H26N2O3/c1-3-17-11-5-8-14-12-6-9-15(10-7-12)13(16)18-4-2/h12,14H,3-11H2,1-2H3. The third-order valence-electron chi connectivity index (χ3n) is 3.12. The average molecular weight is 258 g/mol. The fourth-order valence-corrected chi connectivity index (χ4v) is 2.11. The Balaban J connectivity index is 2.06. The first kappa shape index (κ1) is 15.2. The molecular weight excluding hydrogens is 232 g/mol. The first-order valence-electron chi connectivity index (χ1n) is 7.00. The molecule has 1 fully saturated rings. The quantitative estimate of drug-likeness (QED) is 0.705. The van der Waals surface area contributed by atoms with Crippen LogP contribution in [0, 0.1) is 0 Å². The Morgan fingerprint density at radius 2 is 2.00 bits per heavy atom. The number of rotatable bonds is 7. The Labute approximate surface area is 110 Å². The van der Waals surface area contributed by atoms with E-state index >= 15 is 0 Å². The van der Waals surface area contributed by atoms with Gasteiger partial charge in [-0.1, -0.05) is 0 Å². The summed E-state index contributed by atoms with van der Waals surface area (Å²) in [6.07, 6.45) is 2.89. The minimum absolute atomic E-state index is 0.174. The van der Waals surface area contributed by atoms with Gasteiger partial charge >= 0.3 is 6.09 Å². The van der Waals surface area contributed by atoms with Gasteiger partial charge < -0.3 is 19.7 Å². The van der Waals surface area contributed by atoms with Crippen LogP contribution in [0.3, 0.4) is 0 Å². The molecule has 1 heterocycles. The molecule has 1 N–H and O–H groups in total. The van der Waals surface area contributed by atoms with Gasteiger partial charge in [0.05, 0.1) is 6.61 Å². The van der Waals surface area contributed by atoms with Crippen LogP contribution < -0.4 is 5.32 Å². The lowest BCUT2D eigenvalue weighted by Crippen LogP contribution is -2.45. The Kier molecular flexibility index (Phi) is 7.76. The van der Waals surface area contributed by atoms with Crippen molar-refractivity contribution in [1.82, 2.24) is 10.2 Å². The molecule has 0 saturated carbocycles. The molecule has 5 heteroatoms. The summed E-state index contributed by atoms with van der Waals surface area (Å²) in [5, 5.41) is 3.51. The normalized spacial score (nSPS) is 16.9. The maximum absolute atomic E-state index is 11.5. The van der Waals surface area contributed by atoms with Gasteiger partial charge in [0.25, 0.3) is 0 Å². The third kappa shape index (κ3) is 5.69. The highest BCUT2D eigenvalue weighted by atomic mass is 16.6. The lowest BCUT2D eigenvalue weighted by atomic mass is 10.1. The van der Waals surface area contributed by atoms with E-state index in [0.29, 0.717) is 12.6 Å². The zero-order valence-corrected chi connectivity index (χ0v) is 11.6. The highest BCUT2D eigenvalue weighted by Gasteiger charge is 2.22. The summed E-state index contributed by atoms with van der Waals surface area (Å²) < 4.78 is 10.3. The van der Waals surface area contributed by atoms with E-state index in [9.17, 15) is 4.79 Å². The Morgan fingerprint density at radius 3 is 2.61 bits per heavy atom. The van der Waals surface area contributed by atoms with Crippen LogP contribution in [0.1, 0.15) is 33.1 Å². The number of piperidine rings is 1. The van der Waals surface area contributed by atoms with Crippen LogP contribution in [-0.2, 0) is 9.47 Å². The van der Waals surface area contributed by atoms with E-state index in [2.05, 4.69) is 5.32 Å². The van der Waals surface area contributed by atoms with Crippen molar-refractivity contribution in [3.63, 3.8) is 0 Å². The maximum atomic E-state index is 11.5. The number of hydrogen-bond donors (Lipinski definition) is 1. The van der Waals surface area contributed by atoms with Gasteiger partial charge in [0.2, 0.25) is 0 Å². The molecule has 0 unspecified atom stereocenters. The van der Waals surface area contributed by atoms with Gasteiger partial charge in [0.15, 0.2) is 0 Å². The SMILES string of the molecule is CCOCCCNC1CCN(C(=O)OCC)CC1. The third-order valence-corrected chi connectivity index (χ3v) is 3.12. The summed E-state index contributed by atoms with van der Waals surface area (Å²) >= 11 is 0. The first-order valence-corrected chi connectivity index (χ1v) is 7.00. The molecule has 0 aromatic rings. The zero-order chi connectivity index (χ0) is 13.2. The van der Waals surface area contributed by atoms with E-state index in [0.717, 1.165) is 52.1 Å². The van der Waals surface area contributed by atoms with E-state index in [1.54, 1.807) is 4.90 Å². The molecule has 1 aliphatic heterocycles. The van der Waals surface area contributed by atoms with Gasteiger partial charge in [-0.25, -0.2) is 4.79 Å². The van der Waals surface area contributed by atoms with Crippen molar-refractivity contribution in [2.24, 2.45) is 0 Å². The highest BCUT2D eigenvalue weighted by molar-refractivity contribution is 5.67. The van der Waals surface area contributed by atoms with Crippen LogP contribution in [0.25, 0.3) is 0 Å². The molecule has 0 spiro atoms. The number of nitrogens with zero attached hydrogens (tertiary/aromatic N) is 1. The molecular formula is C13H26N2O3. The van der Waals surface area contributed by atoms with Crippen molar-refractivity contribution in [1.29, 1.82) is 0 Å². The number of hydrogen-bond acceptors (Lipinski definition) is 4. The summed E-state index contributed by atoms with van der Waals surface area (Å²) in [7, 11) is 0. The highest BCUT2D eigenvalue weighted by Crippen LogP contribution is 2.11. The van der Waals surface area contributed by atoms with Gasteiger partial charge in [-0.3, -0.25) is 0 Å². The van der Waals surface area contributed by atoms with Gasteiger partial charge in [-0.2, -0.15) is 0 Å². The predicted molar refractivity (Wildman–Crippen MR) is 70.7 cm³/mol. The first-order chi connectivity index (χ1) is 8.77. The molecule has 0 aliphatic carbocycles. The van der Waals surface area contributed by atoms with Crippen LogP contribution in [0.5, 0.6) is 0 Å². The topological polar surface area (TPSA) is 50.8 Å². The minimum Gasteiger partial charge on any atom is -0.450 e. The van der Waals surface area contributed by atoms with Crippen molar-refractivity contribution in [3.8, 4) is 0 Å². The zero-order valence-electron chi connectivity index (χ0n) is 11.6. The van der Waals surface area contributed by atoms with E-state index in [4.69, 9.17) is 9.47 Å². The molecule has 1 aliphatic rings. The van der Waals surface area contributed by atoms with Crippen LogP contribution in [-0.4, -0.2) is 56.5 Å². The van der Waals surface area contributed by atoms with Crippen LogP contribution in [0.15, 0.2) is 0 Å². The number of ether oxygens (including phenoxy) is 2. The largest absolute Gasteiger partial charge is 0.450 e.